The number of hydrogen-bond acceptors (Lipinski definition) is 9. The van der Waals surface area contributed by atoms with Crippen LogP contribution < -0.4 is 25.0 Å². The Morgan fingerprint density at radius 2 is 1.69 bits per heavy atom. The Kier molecular flexibility index (Phi) is 8.09. The van der Waals surface area contributed by atoms with E-state index in [0.29, 0.717) is 60.4 Å². The normalized spacial score (nSPS) is 17.6. The average Bonchev–Trinajstić information content (AvgIpc) is 3.41. The number of piperazine rings is 1. The van der Waals surface area contributed by atoms with Gasteiger partial charge in [-0.05, 0) is 37.3 Å². The first kappa shape index (κ1) is 28.6. The molecule has 2 saturated heterocycles. The van der Waals surface area contributed by atoms with E-state index >= 15 is 4.39 Å². The minimum atomic E-state index is -0.706. The van der Waals surface area contributed by atoms with Crippen LogP contribution in [-0.2, 0) is 9.53 Å². The number of anilines is 2. The maximum absolute atomic E-state index is 15.1. The minimum Gasteiger partial charge on any atom is -0.496 e. The van der Waals surface area contributed by atoms with E-state index in [9.17, 15) is 14.4 Å². The lowest BCUT2D eigenvalue weighted by Gasteiger charge is -2.35. The van der Waals surface area contributed by atoms with Gasteiger partial charge < -0.3 is 29.7 Å². The minimum absolute atomic E-state index is 0.0881. The van der Waals surface area contributed by atoms with E-state index in [2.05, 4.69) is 9.97 Å². The maximum Gasteiger partial charge on any atom is 0.414 e. The number of methoxy groups -OCH3 is 2. The SMILES string of the molecule is COc1cccc(OC)c1C(=O)N1CCN(c2ncc(-c3ccc(N4CC([C@H](C)C(N)=O)OC4=O)cc3F)cn2)CC1. The molecule has 3 amide bonds. The van der Waals surface area contributed by atoms with Gasteiger partial charge >= 0.3 is 6.09 Å². The zero-order valence-electron chi connectivity index (χ0n) is 23.4. The summed E-state index contributed by atoms with van der Waals surface area (Å²) in [5.41, 5.74) is 6.73. The maximum atomic E-state index is 15.1. The number of aromatic nitrogens is 2. The highest BCUT2D eigenvalue weighted by Gasteiger charge is 2.38. The van der Waals surface area contributed by atoms with Gasteiger partial charge in [0.05, 0.1) is 32.4 Å². The third kappa shape index (κ3) is 5.49. The first-order valence-electron chi connectivity index (χ1n) is 13.4. The van der Waals surface area contributed by atoms with Crippen LogP contribution in [0.25, 0.3) is 11.1 Å². The molecule has 5 rings (SSSR count). The Bertz CT molecular complexity index is 1470. The van der Waals surface area contributed by atoms with Crippen molar-refractivity contribution in [2.24, 2.45) is 11.7 Å². The highest BCUT2D eigenvalue weighted by atomic mass is 19.1. The van der Waals surface area contributed by atoms with Crippen molar-refractivity contribution >= 4 is 29.5 Å². The van der Waals surface area contributed by atoms with Crippen LogP contribution in [0.15, 0.2) is 48.8 Å². The Balaban J connectivity index is 1.23. The van der Waals surface area contributed by atoms with E-state index in [1.165, 1.54) is 43.6 Å². The topological polar surface area (TPSA) is 140 Å². The number of ether oxygens (including phenoxy) is 3. The molecule has 0 radical (unpaired) electrons. The molecule has 13 heteroatoms. The molecule has 2 N–H and O–H groups in total. The highest BCUT2D eigenvalue weighted by Crippen LogP contribution is 2.32. The lowest BCUT2D eigenvalue weighted by atomic mass is 10.0. The number of primary amides is 1. The van der Waals surface area contributed by atoms with Crippen LogP contribution in [0.2, 0.25) is 0 Å². The second-order valence-corrected chi connectivity index (χ2v) is 9.98. The Hall–Kier alpha value is -4.94. The number of hydrogen-bond donors (Lipinski definition) is 1. The summed E-state index contributed by atoms with van der Waals surface area (Å²) < 4.78 is 31.2. The average molecular weight is 579 g/mol. The molecule has 0 bridgehead atoms. The van der Waals surface area contributed by atoms with Crippen molar-refractivity contribution < 1.29 is 33.0 Å². The molecule has 1 unspecified atom stereocenters. The van der Waals surface area contributed by atoms with Gasteiger partial charge in [-0.3, -0.25) is 14.5 Å². The zero-order valence-corrected chi connectivity index (χ0v) is 23.4. The lowest BCUT2D eigenvalue weighted by Crippen LogP contribution is -2.49. The molecule has 2 aromatic carbocycles. The quantitative estimate of drug-likeness (QED) is 0.427. The van der Waals surface area contributed by atoms with Gasteiger partial charge in [0, 0.05) is 49.7 Å². The van der Waals surface area contributed by atoms with Crippen LogP contribution in [0.4, 0.5) is 20.8 Å². The molecule has 12 nitrogen and oxygen atoms in total. The van der Waals surface area contributed by atoms with Crippen molar-refractivity contribution in [1.82, 2.24) is 14.9 Å². The van der Waals surface area contributed by atoms with Gasteiger partial charge in [-0.25, -0.2) is 19.2 Å². The van der Waals surface area contributed by atoms with Gasteiger partial charge in [0.25, 0.3) is 5.91 Å². The molecular formula is C29H31FN6O6. The molecule has 220 valence electrons. The number of cyclic esters (lactones) is 1. The molecule has 2 aliphatic heterocycles. The number of amides is 3. The molecular weight excluding hydrogens is 547 g/mol. The summed E-state index contributed by atoms with van der Waals surface area (Å²) in [5, 5.41) is 0. The molecule has 2 atom stereocenters. The van der Waals surface area contributed by atoms with Crippen LogP contribution in [0.1, 0.15) is 17.3 Å². The van der Waals surface area contributed by atoms with E-state index in [1.54, 1.807) is 36.1 Å². The molecule has 42 heavy (non-hydrogen) atoms. The summed E-state index contributed by atoms with van der Waals surface area (Å²) in [6.07, 6.45) is 1.69. The number of rotatable bonds is 8. The zero-order chi connectivity index (χ0) is 30.0. The van der Waals surface area contributed by atoms with Crippen molar-refractivity contribution in [2.45, 2.75) is 13.0 Å². The molecule has 0 saturated carbocycles. The fourth-order valence-corrected chi connectivity index (χ4v) is 5.00. The van der Waals surface area contributed by atoms with E-state index < -0.39 is 29.8 Å². The van der Waals surface area contributed by atoms with Crippen molar-refractivity contribution in [1.29, 1.82) is 0 Å². The number of carbonyl (C=O) groups is 3. The molecule has 0 aliphatic carbocycles. The van der Waals surface area contributed by atoms with Crippen LogP contribution in [0.3, 0.4) is 0 Å². The summed E-state index contributed by atoms with van der Waals surface area (Å²) >= 11 is 0. The Labute approximate surface area is 241 Å². The van der Waals surface area contributed by atoms with Gasteiger partial charge in [-0.2, -0.15) is 0 Å². The number of halogens is 1. The van der Waals surface area contributed by atoms with Crippen molar-refractivity contribution in [2.75, 3.05) is 56.7 Å². The first-order valence-corrected chi connectivity index (χ1v) is 13.4. The van der Waals surface area contributed by atoms with Gasteiger partial charge in [0.2, 0.25) is 11.9 Å². The second-order valence-electron chi connectivity index (χ2n) is 9.98. The summed E-state index contributed by atoms with van der Waals surface area (Å²) in [6, 6.07) is 9.57. The van der Waals surface area contributed by atoms with Crippen LogP contribution in [-0.4, -0.2) is 85.8 Å². The number of nitrogens with two attached hydrogens (primary N) is 1. The molecule has 3 aromatic rings. The van der Waals surface area contributed by atoms with Crippen LogP contribution in [0.5, 0.6) is 11.5 Å². The summed E-state index contributed by atoms with van der Waals surface area (Å²) in [4.78, 5) is 50.9. The molecule has 2 fully saturated rings. The van der Waals surface area contributed by atoms with E-state index in [-0.39, 0.29) is 18.0 Å². The highest BCUT2D eigenvalue weighted by molar-refractivity contribution is 6.00. The van der Waals surface area contributed by atoms with Crippen molar-refractivity contribution in [3.05, 3.63) is 60.2 Å². The first-order chi connectivity index (χ1) is 20.2. The smallest absolute Gasteiger partial charge is 0.414 e. The molecule has 2 aliphatic rings. The van der Waals surface area contributed by atoms with Gasteiger partial charge in [0.1, 0.15) is 29.0 Å². The monoisotopic (exact) mass is 578 g/mol. The third-order valence-corrected chi connectivity index (χ3v) is 7.55. The third-order valence-electron chi connectivity index (χ3n) is 7.55. The second kappa shape index (κ2) is 11.9. The fraction of sp³-hybridized carbons (Fsp3) is 0.345. The number of carbonyl (C=O) groups excluding carboxylic acids is 3. The molecule has 0 spiro atoms. The van der Waals surface area contributed by atoms with Gasteiger partial charge in [-0.15, -0.1) is 0 Å². The van der Waals surface area contributed by atoms with Crippen molar-refractivity contribution in [3.63, 3.8) is 0 Å². The van der Waals surface area contributed by atoms with E-state index in [1.807, 2.05) is 4.90 Å². The predicted octanol–water partition coefficient (Wildman–Crippen LogP) is 2.71. The van der Waals surface area contributed by atoms with E-state index in [0.717, 1.165) is 0 Å². The Morgan fingerprint density at radius 3 is 2.26 bits per heavy atom. The Morgan fingerprint density at radius 1 is 1.05 bits per heavy atom. The van der Waals surface area contributed by atoms with Gasteiger partial charge in [0.15, 0.2) is 0 Å². The lowest BCUT2D eigenvalue weighted by molar-refractivity contribution is -0.123. The van der Waals surface area contributed by atoms with Crippen LogP contribution in [0, 0.1) is 11.7 Å². The van der Waals surface area contributed by atoms with Crippen LogP contribution >= 0.6 is 0 Å². The molecule has 3 heterocycles. The standard InChI is InChI=1S/C29H31FN6O6/c1-17(26(31)37)24-16-36(29(39)42-24)19-7-8-20(21(30)13-19)18-14-32-28(33-15-18)35-11-9-34(10-12-35)27(38)25-22(40-2)5-4-6-23(25)41-3/h4-8,13-15,17,24H,9-12,16H2,1-3H3,(H2,31,37)/t17-,24?/m0/s1. The van der Waals surface area contributed by atoms with Crippen molar-refractivity contribution in [3.8, 4) is 22.6 Å². The number of nitrogens with zero attached hydrogens (tertiary/aromatic N) is 5. The summed E-state index contributed by atoms with van der Waals surface area (Å²) in [7, 11) is 3.02. The predicted molar refractivity (Wildman–Crippen MR) is 151 cm³/mol. The molecule has 1 aromatic heterocycles. The largest absolute Gasteiger partial charge is 0.496 e. The fourth-order valence-electron chi connectivity index (χ4n) is 5.00. The van der Waals surface area contributed by atoms with Gasteiger partial charge in [-0.1, -0.05) is 6.07 Å². The summed E-state index contributed by atoms with van der Waals surface area (Å²) in [6.45, 7) is 3.57. The summed E-state index contributed by atoms with van der Waals surface area (Å²) in [5.74, 6) is -0.638. The number of benzene rings is 2. The van der Waals surface area contributed by atoms with E-state index in [4.69, 9.17) is 19.9 Å².